The van der Waals surface area contributed by atoms with Crippen LogP contribution < -0.4 is 14.8 Å². The van der Waals surface area contributed by atoms with Crippen molar-refractivity contribution in [1.82, 2.24) is 5.32 Å². The topological polar surface area (TPSA) is 117 Å². The van der Waals surface area contributed by atoms with Crippen molar-refractivity contribution >= 4 is 17.6 Å². The molecule has 0 atom stereocenters. The van der Waals surface area contributed by atoms with E-state index in [9.17, 15) is 19.7 Å². The van der Waals surface area contributed by atoms with Crippen LogP contribution in [0.25, 0.3) is 0 Å². The van der Waals surface area contributed by atoms with Crippen LogP contribution in [0.15, 0.2) is 42.5 Å². The van der Waals surface area contributed by atoms with Gasteiger partial charge in [0.05, 0.1) is 18.1 Å². The third-order valence-electron chi connectivity index (χ3n) is 3.80. The summed E-state index contributed by atoms with van der Waals surface area (Å²) in [6.07, 6.45) is 0. The number of amides is 1. The Labute approximate surface area is 167 Å². The molecule has 9 heteroatoms. The third kappa shape index (κ3) is 6.49. The molecule has 2 aromatic carbocycles. The number of nitrogens with zero attached hydrogens (tertiary/aromatic N) is 1. The van der Waals surface area contributed by atoms with Crippen LogP contribution in [0, 0.1) is 17.0 Å². The number of nitro benzene ring substituents is 1. The Hall–Kier alpha value is -3.62. The molecule has 0 spiro atoms. The van der Waals surface area contributed by atoms with Gasteiger partial charge in [0, 0.05) is 5.56 Å². The van der Waals surface area contributed by atoms with Gasteiger partial charge in [-0.05, 0) is 44.2 Å². The number of benzene rings is 2. The summed E-state index contributed by atoms with van der Waals surface area (Å²) >= 11 is 0. The van der Waals surface area contributed by atoms with Gasteiger partial charge in [-0.1, -0.05) is 12.1 Å². The maximum absolute atomic E-state index is 12.1. The molecule has 0 aliphatic carbocycles. The fourth-order valence-corrected chi connectivity index (χ4v) is 2.48. The number of nitrogens with one attached hydrogen (secondary N) is 1. The first kappa shape index (κ1) is 21.7. The number of hydrogen-bond acceptors (Lipinski definition) is 7. The highest BCUT2D eigenvalue weighted by molar-refractivity contribution is 5.95. The van der Waals surface area contributed by atoms with E-state index in [-0.39, 0.29) is 24.4 Å². The van der Waals surface area contributed by atoms with Crippen LogP contribution in [-0.4, -0.2) is 43.2 Å². The van der Waals surface area contributed by atoms with E-state index < -0.39 is 23.4 Å². The number of carbonyl (C=O) groups excluding carboxylic acids is 2. The minimum atomic E-state index is -0.929. The lowest BCUT2D eigenvalue weighted by Crippen LogP contribution is -2.32. The minimum absolute atomic E-state index is 0.193. The highest BCUT2D eigenvalue weighted by Crippen LogP contribution is 2.23. The molecule has 0 heterocycles. The lowest BCUT2D eigenvalue weighted by atomic mass is 10.1. The van der Waals surface area contributed by atoms with E-state index >= 15 is 0 Å². The summed E-state index contributed by atoms with van der Waals surface area (Å²) < 4.78 is 15.7. The minimum Gasteiger partial charge on any atom is -0.494 e. The van der Waals surface area contributed by atoms with Crippen LogP contribution >= 0.6 is 0 Å². The third-order valence-corrected chi connectivity index (χ3v) is 3.80. The van der Waals surface area contributed by atoms with Crippen molar-refractivity contribution in [3.05, 3.63) is 63.7 Å². The molecule has 154 valence electrons. The van der Waals surface area contributed by atoms with E-state index in [1.165, 1.54) is 25.1 Å². The lowest BCUT2D eigenvalue weighted by molar-refractivity contribution is -0.385. The molecule has 9 nitrogen and oxygen atoms in total. The Morgan fingerprint density at radius 2 is 1.72 bits per heavy atom. The monoisotopic (exact) mass is 402 g/mol. The summed E-state index contributed by atoms with van der Waals surface area (Å²) in [5.41, 5.74) is -0.191. The Balaban J connectivity index is 1.74. The van der Waals surface area contributed by atoms with Gasteiger partial charge in [-0.3, -0.25) is 14.9 Å². The number of rotatable bonds is 10. The molecule has 1 amide bonds. The predicted molar refractivity (Wildman–Crippen MR) is 104 cm³/mol. The highest BCUT2D eigenvalue weighted by atomic mass is 16.6. The summed E-state index contributed by atoms with van der Waals surface area (Å²) in [7, 11) is 0. The Morgan fingerprint density at radius 1 is 1.07 bits per heavy atom. The van der Waals surface area contributed by atoms with Crippen LogP contribution in [0.2, 0.25) is 0 Å². The second kappa shape index (κ2) is 10.6. The first-order valence-electron chi connectivity index (χ1n) is 8.95. The smallest absolute Gasteiger partial charge is 0.345 e. The standard InChI is InChI=1S/C20H22N2O7/c1-3-27-15-7-9-16(10-8-15)28-12-11-21-18(23)13-29-20(24)17-6-4-5-14(2)19(17)22(25)26/h4-10H,3,11-13H2,1-2H3,(H,21,23). The zero-order valence-corrected chi connectivity index (χ0v) is 16.2. The van der Waals surface area contributed by atoms with E-state index in [4.69, 9.17) is 14.2 Å². The summed E-state index contributed by atoms with van der Waals surface area (Å²) in [5, 5.41) is 13.7. The van der Waals surface area contributed by atoms with Gasteiger partial charge >= 0.3 is 5.97 Å². The van der Waals surface area contributed by atoms with Crippen molar-refractivity contribution in [2.45, 2.75) is 13.8 Å². The van der Waals surface area contributed by atoms with Gasteiger partial charge in [-0.15, -0.1) is 0 Å². The lowest BCUT2D eigenvalue weighted by Gasteiger charge is -2.09. The normalized spacial score (nSPS) is 10.1. The highest BCUT2D eigenvalue weighted by Gasteiger charge is 2.24. The van der Waals surface area contributed by atoms with Gasteiger partial charge in [-0.2, -0.15) is 0 Å². The van der Waals surface area contributed by atoms with Crippen LogP contribution in [0.3, 0.4) is 0 Å². The Bertz CT molecular complexity index is 866. The number of esters is 1. The SMILES string of the molecule is CCOc1ccc(OCCNC(=O)COC(=O)c2cccc(C)c2[N+](=O)[O-])cc1. The van der Waals surface area contributed by atoms with Crippen molar-refractivity contribution in [1.29, 1.82) is 0 Å². The van der Waals surface area contributed by atoms with E-state index in [2.05, 4.69) is 5.32 Å². The molecule has 0 fully saturated rings. The molecule has 0 aromatic heterocycles. The van der Waals surface area contributed by atoms with E-state index in [0.717, 1.165) is 5.75 Å². The number of para-hydroxylation sites is 1. The van der Waals surface area contributed by atoms with Gasteiger partial charge in [-0.25, -0.2) is 4.79 Å². The van der Waals surface area contributed by atoms with Crippen molar-refractivity contribution in [3.63, 3.8) is 0 Å². The van der Waals surface area contributed by atoms with Crippen LogP contribution in [0.5, 0.6) is 11.5 Å². The first-order valence-corrected chi connectivity index (χ1v) is 8.95. The van der Waals surface area contributed by atoms with Crippen LogP contribution in [-0.2, 0) is 9.53 Å². The van der Waals surface area contributed by atoms with Gasteiger partial charge < -0.3 is 19.5 Å². The molecule has 0 saturated heterocycles. The molecule has 1 N–H and O–H groups in total. The molecule has 29 heavy (non-hydrogen) atoms. The van der Waals surface area contributed by atoms with E-state index in [0.29, 0.717) is 17.9 Å². The molecule has 0 unspecified atom stereocenters. The average Bonchev–Trinajstić information content (AvgIpc) is 2.70. The maximum atomic E-state index is 12.1. The fourth-order valence-electron chi connectivity index (χ4n) is 2.48. The van der Waals surface area contributed by atoms with Crippen molar-refractivity contribution in [3.8, 4) is 11.5 Å². The quantitative estimate of drug-likeness (QED) is 0.281. The Kier molecular flexibility index (Phi) is 7.96. The van der Waals surface area contributed by atoms with E-state index in [1.54, 1.807) is 24.3 Å². The fraction of sp³-hybridized carbons (Fsp3) is 0.300. The van der Waals surface area contributed by atoms with Crippen molar-refractivity contribution < 1.29 is 28.7 Å². The summed E-state index contributed by atoms with van der Waals surface area (Å²) in [4.78, 5) is 34.3. The second-order valence-corrected chi connectivity index (χ2v) is 5.91. The molecular formula is C20H22N2O7. The van der Waals surface area contributed by atoms with Gasteiger partial charge in [0.2, 0.25) is 0 Å². The predicted octanol–water partition coefficient (Wildman–Crippen LogP) is 2.65. The molecule has 2 rings (SSSR count). The number of hydrogen-bond donors (Lipinski definition) is 1. The summed E-state index contributed by atoms with van der Waals surface area (Å²) in [5.74, 6) is -0.102. The molecular weight excluding hydrogens is 380 g/mol. The summed E-state index contributed by atoms with van der Waals surface area (Å²) in [6.45, 7) is 3.87. The maximum Gasteiger partial charge on any atom is 0.345 e. The molecule has 0 aliphatic rings. The van der Waals surface area contributed by atoms with Crippen LogP contribution in [0.4, 0.5) is 5.69 Å². The average molecular weight is 402 g/mol. The second-order valence-electron chi connectivity index (χ2n) is 5.91. The first-order chi connectivity index (χ1) is 13.9. The number of carbonyl (C=O) groups is 2. The van der Waals surface area contributed by atoms with Gasteiger partial charge in [0.15, 0.2) is 6.61 Å². The van der Waals surface area contributed by atoms with E-state index in [1.807, 2.05) is 6.92 Å². The number of nitro groups is 1. The number of aryl methyl sites for hydroxylation is 1. The Morgan fingerprint density at radius 3 is 2.34 bits per heavy atom. The molecule has 0 aliphatic heterocycles. The molecule has 0 radical (unpaired) electrons. The molecule has 0 saturated carbocycles. The largest absolute Gasteiger partial charge is 0.494 e. The summed E-state index contributed by atoms with van der Waals surface area (Å²) in [6, 6.07) is 11.4. The zero-order chi connectivity index (χ0) is 21.2. The van der Waals surface area contributed by atoms with Crippen molar-refractivity contribution in [2.75, 3.05) is 26.4 Å². The molecule has 0 bridgehead atoms. The number of ether oxygens (including phenoxy) is 3. The van der Waals surface area contributed by atoms with Crippen molar-refractivity contribution in [2.24, 2.45) is 0 Å². The van der Waals surface area contributed by atoms with Gasteiger partial charge in [0.1, 0.15) is 23.7 Å². The zero-order valence-electron chi connectivity index (χ0n) is 16.2. The van der Waals surface area contributed by atoms with Crippen LogP contribution in [0.1, 0.15) is 22.8 Å². The molecule has 2 aromatic rings. The van der Waals surface area contributed by atoms with Gasteiger partial charge in [0.25, 0.3) is 11.6 Å².